The summed E-state index contributed by atoms with van der Waals surface area (Å²) in [6.45, 7) is 0. The summed E-state index contributed by atoms with van der Waals surface area (Å²) in [5.74, 6) is 9.72. The first-order valence-corrected chi connectivity index (χ1v) is 8.78. The van der Waals surface area contributed by atoms with Gasteiger partial charge >= 0.3 is 11.0 Å². The van der Waals surface area contributed by atoms with Gasteiger partial charge in [0, 0.05) is 11.8 Å². The second-order valence-electron chi connectivity index (χ2n) is 4.03. The number of sulfonamides is 2. The number of rotatable bonds is 2. The molecule has 0 aliphatic heterocycles. The lowest BCUT2D eigenvalue weighted by Crippen LogP contribution is -2.30. The third-order valence-electron chi connectivity index (χ3n) is 1.93. The van der Waals surface area contributed by atoms with E-state index >= 15 is 0 Å². The molecule has 1 aromatic rings. The summed E-state index contributed by atoms with van der Waals surface area (Å²) in [4.78, 5) is 0. The van der Waals surface area contributed by atoms with E-state index in [0.717, 1.165) is 4.13 Å². The van der Waals surface area contributed by atoms with E-state index in [1.807, 2.05) is 30.3 Å². The SMILES string of the molecule is C#CC#CC#Cn1cc[n+](C)c1.O=S(=O)([N-]S(=O)(=O)C(F)(F)F)C(F)(F)F. The molecule has 0 atom stereocenters. The molecule has 7 nitrogen and oxygen atoms in total. The molecule has 0 bridgehead atoms. The minimum absolute atomic E-state index is 0.778. The largest absolute Gasteiger partial charge is 0.480 e. The van der Waals surface area contributed by atoms with Crippen molar-refractivity contribution in [2.75, 3.05) is 0 Å². The fourth-order valence-electron chi connectivity index (χ4n) is 0.890. The predicted octanol–water partition coefficient (Wildman–Crippen LogP) is 0.817. The van der Waals surface area contributed by atoms with Gasteiger partial charge in [-0.2, -0.15) is 30.9 Å². The van der Waals surface area contributed by atoms with Gasteiger partial charge in [0.2, 0.25) is 0 Å². The lowest BCUT2D eigenvalue weighted by Gasteiger charge is -2.22. The lowest BCUT2D eigenvalue weighted by atomic mass is 10.6. The first kappa shape index (κ1) is 24.3. The highest BCUT2D eigenvalue weighted by atomic mass is 32.3. The van der Waals surface area contributed by atoms with Gasteiger partial charge in [0.25, 0.3) is 6.33 Å². The smallest absolute Gasteiger partial charge is 0.421 e. The Labute approximate surface area is 150 Å². The number of imidazole rings is 1. The van der Waals surface area contributed by atoms with Gasteiger partial charge in [-0.3, -0.25) is 0 Å². The van der Waals surface area contributed by atoms with Crippen LogP contribution in [0.2, 0.25) is 0 Å². The highest BCUT2D eigenvalue weighted by molar-refractivity contribution is 8.13. The van der Waals surface area contributed by atoms with Crippen molar-refractivity contribution < 1.29 is 47.7 Å². The second-order valence-corrected chi connectivity index (χ2v) is 7.46. The predicted molar refractivity (Wildman–Crippen MR) is 78.7 cm³/mol. The van der Waals surface area contributed by atoms with Crippen molar-refractivity contribution >= 4 is 20.0 Å². The quantitative estimate of drug-likeness (QED) is 0.391. The van der Waals surface area contributed by atoms with Crippen LogP contribution in [0.1, 0.15) is 0 Å². The Hall–Kier alpha value is -2.67. The third-order valence-corrected chi connectivity index (χ3v) is 4.67. The molecule has 0 aromatic carbocycles. The molecule has 1 heterocycles. The van der Waals surface area contributed by atoms with Crippen LogP contribution in [-0.4, -0.2) is 32.4 Å². The van der Waals surface area contributed by atoms with Crippen molar-refractivity contribution in [3.63, 3.8) is 0 Å². The van der Waals surface area contributed by atoms with E-state index in [1.165, 1.54) is 0 Å². The zero-order chi connectivity index (χ0) is 21.5. The van der Waals surface area contributed by atoms with E-state index in [9.17, 15) is 43.2 Å². The van der Waals surface area contributed by atoms with Crippen LogP contribution >= 0.6 is 0 Å². The van der Waals surface area contributed by atoms with Crippen molar-refractivity contribution in [1.29, 1.82) is 0 Å². The Morgan fingerprint density at radius 1 is 0.963 bits per heavy atom. The molecular weight excluding hydrogens is 428 g/mol. The zero-order valence-electron chi connectivity index (χ0n) is 12.9. The molecule has 0 aliphatic rings. The van der Waals surface area contributed by atoms with Crippen molar-refractivity contribution in [3.05, 3.63) is 22.8 Å². The maximum absolute atomic E-state index is 11.4. The molecule has 0 saturated carbocycles. The Bertz CT molecular complexity index is 997. The van der Waals surface area contributed by atoms with Gasteiger partial charge in [0.15, 0.2) is 20.0 Å². The molecule has 15 heteroatoms. The van der Waals surface area contributed by atoms with Crippen LogP contribution < -0.4 is 4.57 Å². The van der Waals surface area contributed by atoms with Crippen molar-refractivity contribution in [2.45, 2.75) is 11.0 Å². The van der Waals surface area contributed by atoms with E-state index in [2.05, 4.69) is 29.7 Å². The Kier molecular flexibility index (Phi) is 7.94. The number of alkyl halides is 6. The number of aryl methyl sites for hydroxylation is 1. The molecule has 0 spiro atoms. The molecule has 148 valence electrons. The standard InChI is InChI=1S/C10H7N2.C2F6NO4S2/c1-3-4-5-6-7-12-9-8-11(2)10-12;3-1(4,5)14(10,11)9-15(12,13)2(6,7)8/h1,8-10H,2H3;/q+1;-1. The monoisotopic (exact) mass is 435 g/mol. The summed E-state index contributed by atoms with van der Waals surface area (Å²) in [6.07, 6.45) is 10.5. The number of terminal acetylenes is 1. The summed E-state index contributed by atoms with van der Waals surface area (Å²) < 4.78 is 113. The average molecular weight is 435 g/mol. The highest BCUT2D eigenvalue weighted by Crippen LogP contribution is 2.36. The van der Waals surface area contributed by atoms with E-state index < -0.39 is 31.1 Å². The summed E-state index contributed by atoms with van der Waals surface area (Å²) in [7, 11) is -11.5. The summed E-state index contributed by atoms with van der Waals surface area (Å²) in [5, 5.41) is 0. The van der Waals surface area contributed by atoms with E-state index in [-0.39, 0.29) is 0 Å². The van der Waals surface area contributed by atoms with Crippen LogP contribution in [0.5, 0.6) is 0 Å². The average Bonchev–Trinajstić information content (AvgIpc) is 2.86. The molecule has 1 rings (SSSR count). The Morgan fingerprint density at radius 2 is 1.44 bits per heavy atom. The number of halogens is 6. The molecule has 0 fully saturated rings. The van der Waals surface area contributed by atoms with Crippen molar-refractivity contribution in [1.82, 2.24) is 4.57 Å². The van der Waals surface area contributed by atoms with Gasteiger partial charge < -0.3 is 4.13 Å². The van der Waals surface area contributed by atoms with Crippen LogP contribution in [0.3, 0.4) is 0 Å². The van der Waals surface area contributed by atoms with Gasteiger partial charge in [-0.1, -0.05) is 0 Å². The second kappa shape index (κ2) is 8.81. The van der Waals surface area contributed by atoms with Gasteiger partial charge in [-0.25, -0.2) is 21.4 Å². The minimum Gasteiger partial charge on any atom is -0.421 e. The van der Waals surface area contributed by atoms with Crippen LogP contribution in [0.4, 0.5) is 26.3 Å². The van der Waals surface area contributed by atoms with Crippen molar-refractivity contribution in [3.8, 4) is 36.1 Å². The number of aromatic nitrogens is 2. The first-order chi connectivity index (χ1) is 12.0. The zero-order valence-corrected chi connectivity index (χ0v) is 14.5. The van der Waals surface area contributed by atoms with E-state index in [1.54, 1.807) is 4.57 Å². The fraction of sp³-hybridized carbons (Fsp3) is 0.250. The lowest BCUT2D eigenvalue weighted by molar-refractivity contribution is -0.670. The molecule has 0 saturated heterocycles. The maximum Gasteiger partial charge on any atom is 0.480 e. The minimum atomic E-state index is -6.72. The molecule has 0 unspecified atom stereocenters. The van der Waals surface area contributed by atoms with E-state index in [4.69, 9.17) is 6.42 Å². The molecule has 0 N–H and O–H groups in total. The first-order valence-electron chi connectivity index (χ1n) is 5.90. The van der Waals surface area contributed by atoms with Crippen LogP contribution in [0.15, 0.2) is 18.7 Å². The molecule has 1 aromatic heterocycles. The van der Waals surface area contributed by atoms with E-state index in [0.29, 0.717) is 0 Å². The third kappa shape index (κ3) is 8.04. The van der Waals surface area contributed by atoms with Gasteiger partial charge in [0.05, 0.1) is 7.05 Å². The maximum atomic E-state index is 11.4. The van der Waals surface area contributed by atoms with Gasteiger partial charge in [0.1, 0.15) is 18.4 Å². The number of hydrogen-bond acceptors (Lipinski definition) is 4. The topological polar surface area (TPSA) is 91.2 Å². The highest BCUT2D eigenvalue weighted by Gasteiger charge is 2.46. The summed E-state index contributed by atoms with van der Waals surface area (Å²) >= 11 is 0. The van der Waals surface area contributed by atoms with Gasteiger partial charge in [-0.15, -0.1) is 6.42 Å². The molecular formula is C12H7F6N3O4S2. The van der Waals surface area contributed by atoms with Crippen LogP contribution in [0, 0.1) is 36.1 Å². The van der Waals surface area contributed by atoms with Crippen molar-refractivity contribution in [2.24, 2.45) is 7.05 Å². The van der Waals surface area contributed by atoms with Crippen LogP contribution in [0.25, 0.3) is 4.13 Å². The molecule has 0 radical (unpaired) electrons. The number of hydrogen-bond donors (Lipinski definition) is 0. The fourth-order valence-corrected chi connectivity index (χ4v) is 2.60. The Morgan fingerprint density at radius 3 is 1.78 bits per heavy atom. The number of nitrogens with zero attached hydrogens (tertiary/aromatic N) is 3. The summed E-state index contributed by atoms with van der Waals surface area (Å²) in [6, 6.07) is 2.78. The van der Waals surface area contributed by atoms with Gasteiger partial charge in [-0.05, 0) is 11.8 Å². The van der Waals surface area contributed by atoms with Crippen LogP contribution in [-0.2, 0) is 27.1 Å². The molecule has 27 heavy (non-hydrogen) atoms. The normalized spacial score (nSPS) is 11.6. The molecule has 0 aliphatic carbocycles. The summed E-state index contributed by atoms with van der Waals surface area (Å²) in [5.41, 5.74) is -12.4. The Balaban J connectivity index is 0.000000511. The molecule has 0 amide bonds.